The summed E-state index contributed by atoms with van der Waals surface area (Å²) in [4.78, 5) is 11.6. The fraction of sp³-hybridized carbons (Fsp3) is 0.929. The highest BCUT2D eigenvalue weighted by molar-refractivity contribution is 5.80. The van der Waals surface area contributed by atoms with Crippen molar-refractivity contribution in [3.8, 4) is 0 Å². The minimum atomic E-state index is -0.938. The van der Waals surface area contributed by atoms with Gasteiger partial charge in [0, 0.05) is 6.04 Å². The molecule has 2 N–H and O–H groups in total. The first-order valence-corrected chi connectivity index (χ1v) is 7.09. The number of nitrogens with one attached hydrogen (secondary N) is 1. The third-order valence-electron chi connectivity index (χ3n) is 3.21. The van der Waals surface area contributed by atoms with E-state index in [0.717, 1.165) is 12.8 Å². The van der Waals surface area contributed by atoms with Crippen LogP contribution in [0.5, 0.6) is 0 Å². The minimum absolute atomic E-state index is 0.118. The molecule has 1 saturated carbocycles. The quantitative estimate of drug-likeness (QED) is 0.593. The van der Waals surface area contributed by atoms with Crippen molar-refractivity contribution in [2.24, 2.45) is 5.92 Å². The van der Waals surface area contributed by atoms with Gasteiger partial charge in [0.15, 0.2) is 0 Å². The standard InChI is InChI=1S/C14H27NO4/c1-10(2)15-14(13(16)17,12-5-6-12)9-18-7-8-19-11(3)4/h10-12,15H,5-9H2,1-4H3,(H,16,17). The maximum atomic E-state index is 11.6. The highest BCUT2D eigenvalue weighted by atomic mass is 16.5. The highest BCUT2D eigenvalue weighted by Gasteiger charge is 2.51. The number of hydrogen-bond acceptors (Lipinski definition) is 4. The molecule has 0 aromatic carbocycles. The third kappa shape index (κ3) is 5.09. The summed E-state index contributed by atoms with van der Waals surface area (Å²) in [5, 5.41) is 12.7. The molecule has 0 aromatic rings. The smallest absolute Gasteiger partial charge is 0.326 e. The van der Waals surface area contributed by atoms with Crippen molar-refractivity contribution in [2.75, 3.05) is 19.8 Å². The van der Waals surface area contributed by atoms with E-state index >= 15 is 0 Å². The van der Waals surface area contributed by atoms with Crippen LogP contribution in [-0.2, 0) is 14.3 Å². The normalized spacial score (nSPS) is 18.8. The van der Waals surface area contributed by atoms with Gasteiger partial charge >= 0.3 is 5.97 Å². The Kier molecular flexibility index (Phi) is 6.23. The molecule has 5 heteroatoms. The van der Waals surface area contributed by atoms with Crippen molar-refractivity contribution in [1.29, 1.82) is 0 Å². The van der Waals surface area contributed by atoms with Crippen molar-refractivity contribution >= 4 is 5.97 Å². The van der Waals surface area contributed by atoms with Gasteiger partial charge in [-0.15, -0.1) is 0 Å². The lowest BCUT2D eigenvalue weighted by Gasteiger charge is -2.32. The topological polar surface area (TPSA) is 67.8 Å². The average Bonchev–Trinajstić information content (AvgIpc) is 3.09. The van der Waals surface area contributed by atoms with Crippen LogP contribution in [0.1, 0.15) is 40.5 Å². The average molecular weight is 273 g/mol. The van der Waals surface area contributed by atoms with E-state index in [1.54, 1.807) is 0 Å². The monoisotopic (exact) mass is 273 g/mol. The number of rotatable bonds is 10. The van der Waals surface area contributed by atoms with E-state index < -0.39 is 11.5 Å². The molecule has 5 nitrogen and oxygen atoms in total. The molecule has 0 bridgehead atoms. The molecule has 1 fully saturated rings. The van der Waals surface area contributed by atoms with E-state index in [9.17, 15) is 9.90 Å². The van der Waals surface area contributed by atoms with E-state index in [1.165, 1.54) is 0 Å². The Balaban J connectivity index is 2.47. The lowest BCUT2D eigenvalue weighted by molar-refractivity contribution is -0.150. The van der Waals surface area contributed by atoms with Crippen molar-refractivity contribution in [3.63, 3.8) is 0 Å². The van der Waals surface area contributed by atoms with Crippen LogP contribution in [0.2, 0.25) is 0 Å². The summed E-state index contributed by atoms with van der Waals surface area (Å²) in [6.07, 6.45) is 2.08. The summed E-state index contributed by atoms with van der Waals surface area (Å²) in [7, 11) is 0. The van der Waals surface area contributed by atoms with Gasteiger partial charge in [-0.3, -0.25) is 10.1 Å². The maximum absolute atomic E-state index is 11.6. The molecule has 0 radical (unpaired) electrons. The molecular formula is C14H27NO4. The first-order valence-electron chi connectivity index (χ1n) is 7.09. The number of aliphatic carboxylic acids is 1. The molecular weight excluding hydrogens is 246 g/mol. The Hall–Kier alpha value is -0.650. The van der Waals surface area contributed by atoms with Crippen LogP contribution < -0.4 is 5.32 Å². The summed E-state index contributed by atoms with van der Waals surface area (Å²) in [6.45, 7) is 8.98. The van der Waals surface area contributed by atoms with Crippen molar-refractivity contribution in [1.82, 2.24) is 5.32 Å². The van der Waals surface area contributed by atoms with Gasteiger partial charge < -0.3 is 14.6 Å². The number of ether oxygens (including phenoxy) is 2. The maximum Gasteiger partial charge on any atom is 0.326 e. The molecule has 1 aliphatic rings. The van der Waals surface area contributed by atoms with Crippen LogP contribution in [0.4, 0.5) is 0 Å². The highest BCUT2D eigenvalue weighted by Crippen LogP contribution is 2.40. The van der Waals surface area contributed by atoms with Gasteiger partial charge in [-0.2, -0.15) is 0 Å². The summed E-state index contributed by atoms with van der Waals surface area (Å²) in [5.74, 6) is -0.633. The molecule has 112 valence electrons. The molecule has 1 unspecified atom stereocenters. The van der Waals surface area contributed by atoms with Gasteiger partial charge in [0.05, 0.1) is 25.9 Å². The van der Waals surface area contributed by atoms with Gasteiger partial charge in [0.2, 0.25) is 0 Å². The van der Waals surface area contributed by atoms with Crippen LogP contribution in [0.15, 0.2) is 0 Å². The molecule has 0 aromatic heterocycles. The fourth-order valence-electron chi connectivity index (χ4n) is 2.24. The molecule has 19 heavy (non-hydrogen) atoms. The summed E-state index contributed by atoms with van der Waals surface area (Å²) < 4.78 is 10.9. The fourth-order valence-corrected chi connectivity index (χ4v) is 2.24. The zero-order valence-corrected chi connectivity index (χ0v) is 12.4. The molecule has 0 saturated heterocycles. The van der Waals surface area contributed by atoms with Gasteiger partial charge in [-0.25, -0.2) is 0 Å². The number of hydrogen-bond donors (Lipinski definition) is 2. The van der Waals surface area contributed by atoms with Crippen LogP contribution in [0, 0.1) is 5.92 Å². The number of carboxylic acid groups (broad SMARTS) is 1. The second-order valence-corrected chi connectivity index (χ2v) is 5.82. The van der Waals surface area contributed by atoms with Gasteiger partial charge in [0.25, 0.3) is 0 Å². The largest absolute Gasteiger partial charge is 0.480 e. The van der Waals surface area contributed by atoms with Gasteiger partial charge in [0.1, 0.15) is 5.54 Å². The number of carbonyl (C=O) groups is 1. The molecule has 0 heterocycles. The Bertz CT molecular complexity index is 289. The van der Waals surface area contributed by atoms with Crippen molar-refractivity contribution in [2.45, 2.75) is 58.2 Å². The Morgan fingerprint density at radius 2 is 1.95 bits per heavy atom. The Morgan fingerprint density at radius 3 is 2.37 bits per heavy atom. The zero-order chi connectivity index (χ0) is 14.5. The molecule has 1 atom stereocenters. The first kappa shape index (κ1) is 16.4. The lowest BCUT2D eigenvalue weighted by atomic mass is 9.93. The van der Waals surface area contributed by atoms with Crippen molar-refractivity contribution in [3.05, 3.63) is 0 Å². The molecule has 1 rings (SSSR count). The second kappa shape index (κ2) is 7.22. The summed E-state index contributed by atoms with van der Waals surface area (Å²) in [6, 6.07) is 0.118. The van der Waals surface area contributed by atoms with E-state index in [1.807, 2.05) is 27.7 Å². The van der Waals surface area contributed by atoms with Crippen LogP contribution in [0.3, 0.4) is 0 Å². The van der Waals surface area contributed by atoms with E-state index in [4.69, 9.17) is 9.47 Å². The molecule has 1 aliphatic carbocycles. The molecule has 0 spiro atoms. The van der Waals surface area contributed by atoms with Crippen LogP contribution in [0.25, 0.3) is 0 Å². The summed E-state index contributed by atoms with van der Waals surface area (Å²) >= 11 is 0. The predicted molar refractivity (Wildman–Crippen MR) is 73.3 cm³/mol. The van der Waals surface area contributed by atoms with Gasteiger partial charge in [-0.05, 0) is 46.5 Å². The lowest BCUT2D eigenvalue weighted by Crippen LogP contribution is -2.59. The Morgan fingerprint density at radius 1 is 1.32 bits per heavy atom. The van der Waals surface area contributed by atoms with Crippen LogP contribution in [-0.4, -0.2) is 48.6 Å². The van der Waals surface area contributed by atoms with E-state index in [0.29, 0.717) is 13.2 Å². The molecule has 0 amide bonds. The number of carboxylic acids is 1. The van der Waals surface area contributed by atoms with Gasteiger partial charge in [-0.1, -0.05) is 0 Å². The first-order chi connectivity index (χ1) is 8.88. The Labute approximate surface area is 115 Å². The minimum Gasteiger partial charge on any atom is -0.480 e. The zero-order valence-electron chi connectivity index (χ0n) is 12.4. The second-order valence-electron chi connectivity index (χ2n) is 5.82. The SMILES string of the molecule is CC(C)NC(COCCOC(C)C)(C(=O)O)C1CC1. The third-order valence-corrected chi connectivity index (χ3v) is 3.21. The van der Waals surface area contributed by atoms with Crippen molar-refractivity contribution < 1.29 is 19.4 Å². The van der Waals surface area contributed by atoms with E-state index in [-0.39, 0.29) is 24.7 Å². The molecule has 0 aliphatic heterocycles. The van der Waals surface area contributed by atoms with E-state index in [2.05, 4.69) is 5.32 Å². The summed E-state index contributed by atoms with van der Waals surface area (Å²) in [5.41, 5.74) is -0.938. The predicted octanol–water partition coefficient (Wildman–Crippen LogP) is 1.66. The van der Waals surface area contributed by atoms with Crippen LogP contribution >= 0.6 is 0 Å².